The largest absolute Gasteiger partial charge is 0.325 e. The molecule has 0 bridgehead atoms. The lowest BCUT2D eigenvalue weighted by Gasteiger charge is -2.08. The van der Waals surface area contributed by atoms with Gasteiger partial charge in [-0.3, -0.25) is 4.98 Å². The minimum Gasteiger partial charge on any atom is -0.325 e. The summed E-state index contributed by atoms with van der Waals surface area (Å²) in [6.07, 6.45) is -1.32. The van der Waals surface area contributed by atoms with Gasteiger partial charge in [-0.2, -0.15) is 0 Å². The Labute approximate surface area is 83.3 Å². The van der Waals surface area contributed by atoms with Crippen molar-refractivity contribution in [3.63, 3.8) is 0 Å². The van der Waals surface area contributed by atoms with Crippen LogP contribution in [0.2, 0.25) is 0 Å². The molecule has 1 aromatic rings. The van der Waals surface area contributed by atoms with E-state index in [2.05, 4.69) is 20.9 Å². The van der Waals surface area contributed by atoms with E-state index in [0.717, 1.165) is 0 Å². The van der Waals surface area contributed by atoms with Crippen molar-refractivity contribution in [3.05, 3.63) is 27.5 Å². The van der Waals surface area contributed by atoms with Gasteiger partial charge in [0.1, 0.15) is 0 Å². The normalized spacial score (nSPS) is 10.9. The molecule has 0 aliphatic carbocycles. The Morgan fingerprint density at radius 2 is 2.23 bits per heavy atom. The van der Waals surface area contributed by atoms with E-state index in [0.29, 0.717) is 15.7 Å². The molecule has 0 fully saturated rings. The maximum Gasteiger partial charge on any atom is 0.265 e. The average molecular weight is 251 g/mol. The van der Waals surface area contributed by atoms with Crippen LogP contribution in [-0.2, 0) is 6.54 Å². The average Bonchev–Trinajstić information content (AvgIpc) is 2.09. The molecule has 5 heteroatoms. The fourth-order valence-electron chi connectivity index (χ4n) is 1.01. The molecular weight excluding hydrogens is 242 g/mol. The molecule has 1 heterocycles. The SMILES string of the molecule is Cc1c(C(F)F)cnc(CN)c1Br. The molecule has 0 spiro atoms. The molecule has 2 N–H and O–H groups in total. The molecule has 0 amide bonds. The topological polar surface area (TPSA) is 38.9 Å². The monoisotopic (exact) mass is 250 g/mol. The Balaban J connectivity index is 3.23. The highest BCUT2D eigenvalue weighted by Crippen LogP contribution is 2.28. The molecule has 0 radical (unpaired) electrons. The smallest absolute Gasteiger partial charge is 0.265 e. The summed E-state index contributed by atoms with van der Waals surface area (Å²) in [5, 5.41) is 0. The number of hydrogen-bond donors (Lipinski definition) is 1. The summed E-state index contributed by atoms with van der Waals surface area (Å²) in [4.78, 5) is 3.83. The summed E-state index contributed by atoms with van der Waals surface area (Å²) < 4.78 is 25.3. The lowest BCUT2D eigenvalue weighted by molar-refractivity contribution is 0.150. The van der Waals surface area contributed by atoms with Crippen LogP contribution in [-0.4, -0.2) is 4.98 Å². The molecule has 1 rings (SSSR count). The molecular formula is C8H9BrF2N2. The molecule has 2 nitrogen and oxygen atoms in total. The number of nitrogens with two attached hydrogens (primary N) is 1. The summed E-state index contributed by atoms with van der Waals surface area (Å²) in [5.74, 6) is 0. The third kappa shape index (κ3) is 2.03. The Hall–Kier alpha value is -0.550. The molecule has 72 valence electrons. The third-order valence-electron chi connectivity index (χ3n) is 1.80. The van der Waals surface area contributed by atoms with Crippen LogP contribution in [0, 0.1) is 6.92 Å². The minimum absolute atomic E-state index is 0.0518. The Morgan fingerprint density at radius 1 is 1.62 bits per heavy atom. The number of halogens is 3. The first-order valence-electron chi connectivity index (χ1n) is 3.70. The van der Waals surface area contributed by atoms with Crippen molar-refractivity contribution >= 4 is 15.9 Å². The number of aromatic nitrogens is 1. The van der Waals surface area contributed by atoms with E-state index in [1.807, 2.05) is 0 Å². The van der Waals surface area contributed by atoms with Gasteiger partial charge in [-0.1, -0.05) is 0 Å². The van der Waals surface area contributed by atoms with Crippen molar-refractivity contribution < 1.29 is 8.78 Å². The van der Waals surface area contributed by atoms with Crippen molar-refractivity contribution in [2.45, 2.75) is 19.9 Å². The molecule has 0 saturated carbocycles. The van der Waals surface area contributed by atoms with E-state index in [1.165, 1.54) is 6.20 Å². The predicted octanol–water partition coefficient (Wildman–Crippen LogP) is 2.55. The first-order valence-corrected chi connectivity index (χ1v) is 4.49. The zero-order chi connectivity index (χ0) is 10.0. The van der Waals surface area contributed by atoms with Crippen molar-refractivity contribution in [1.29, 1.82) is 0 Å². The van der Waals surface area contributed by atoms with Crippen LogP contribution in [0.15, 0.2) is 10.7 Å². The molecule has 0 aromatic carbocycles. The lowest BCUT2D eigenvalue weighted by atomic mass is 10.1. The van der Waals surface area contributed by atoms with Gasteiger partial charge in [0.25, 0.3) is 6.43 Å². The molecule has 13 heavy (non-hydrogen) atoms. The summed E-state index contributed by atoms with van der Waals surface area (Å²) in [7, 11) is 0. The van der Waals surface area contributed by atoms with Crippen LogP contribution >= 0.6 is 15.9 Å². The number of nitrogens with zero attached hydrogens (tertiary/aromatic N) is 1. The number of hydrogen-bond acceptors (Lipinski definition) is 2. The van der Waals surface area contributed by atoms with Crippen LogP contribution in [0.1, 0.15) is 23.2 Å². The standard InChI is InChI=1S/C8H9BrF2N2/c1-4-5(8(10)11)3-13-6(2-12)7(4)9/h3,8H,2,12H2,1H3. The van der Waals surface area contributed by atoms with Crippen LogP contribution in [0.5, 0.6) is 0 Å². The fourth-order valence-corrected chi connectivity index (χ4v) is 1.50. The van der Waals surface area contributed by atoms with Crippen LogP contribution in [0.3, 0.4) is 0 Å². The van der Waals surface area contributed by atoms with E-state index in [4.69, 9.17) is 5.73 Å². The van der Waals surface area contributed by atoms with Crippen molar-refractivity contribution in [3.8, 4) is 0 Å². The molecule has 0 atom stereocenters. The van der Waals surface area contributed by atoms with Crippen LogP contribution < -0.4 is 5.73 Å². The van der Waals surface area contributed by atoms with Gasteiger partial charge < -0.3 is 5.73 Å². The van der Waals surface area contributed by atoms with E-state index in [9.17, 15) is 8.78 Å². The highest BCUT2D eigenvalue weighted by atomic mass is 79.9. The summed E-state index contributed by atoms with van der Waals surface area (Å²) in [6, 6.07) is 0. The molecule has 0 unspecified atom stereocenters. The Bertz CT molecular complexity index is 315. The van der Waals surface area contributed by atoms with Gasteiger partial charge >= 0.3 is 0 Å². The fraction of sp³-hybridized carbons (Fsp3) is 0.375. The van der Waals surface area contributed by atoms with Gasteiger partial charge in [-0.15, -0.1) is 0 Å². The quantitative estimate of drug-likeness (QED) is 0.877. The van der Waals surface area contributed by atoms with Gasteiger partial charge in [0.05, 0.1) is 5.69 Å². The van der Waals surface area contributed by atoms with Crippen molar-refractivity contribution in [2.24, 2.45) is 5.73 Å². The second-order valence-electron chi connectivity index (χ2n) is 2.60. The summed E-state index contributed by atoms with van der Waals surface area (Å²) >= 11 is 3.18. The maximum atomic E-state index is 12.4. The van der Waals surface area contributed by atoms with Crippen LogP contribution in [0.4, 0.5) is 8.78 Å². The van der Waals surface area contributed by atoms with E-state index in [1.54, 1.807) is 6.92 Å². The maximum absolute atomic E-state index is 12.4. The third-order valence-corrected chi connectivity index (χ3v) is 2.86. The zero-order valence-corrected chi connectivity index (χ0v) is 8.61. The van der Waals surface area contributed by atoms with Crippen LogP contribution in [0.25, 0.3) is 0 Å². The first kappa shape index (κ1) is 10.5. The van der Waals surface area contributed by atoms with Crippen molar-refractivity contribution in [1.82, 2.24) is 4.98 Å². The van der Waals surface area contributed by atoms with Gasteiger partial charge in [-0.25, -0.2) is 8.78 Å². The predicted molar refractivity (Wildman–Crippen MR) is 49.5 cm³/mol. The minimum atomic E-state index is -2.49. The van der Waals surface area contributed by atoms with Gasteiger partial charge in [0.2, 0.25) is 0 Å². The lowest BCUT2D eigenvalue weighted by Crippen LogP contribution is -2.04. The summed E-state index contributed by atoms with van der Waals surface area (Å²) in [6.45, 7) is 1.86. The van der Waals surface area contributed by atoms with E-state index < -0.39 is 6.43 Å². The molecule has 0 saturated heterocycles. The van der Waals surface area contributed by atoms with Gasteiger partial charge in [-0.05, 0) is 28.4 Å². The highest BCUT2D eigenvalue weighted by molar-refractivity contribution is 9.10. The van der Waals surface area contributed by atoms with E-state index >= 15 is 0 Å². The number of rotatable bonds is 2. The highest BCUT2D eigenvalue weighted by Gasteiger charge is 2.14. The first-order chi connectivity index (χ1) is 6.07. The van der Waals surface area contributed by atoms with E-state index in [-0.39, 0.29) is 12.1 Å². The second-order valence-corrected chi connectivity index (χ2v) is 3.40. The van der Waals surface area contributed by atoms with Crippen molar-refractivity contribution in [2.75, 3.05) is 0 Å². The van der Waals surface area contributed by atoms with Gasteiger partial charge in [0.15, 0.2) is 0 Å². The summed E-state index contributed by atoms with van der Waals surface area (Å²) in [5.41, 5.74) is 6.42. The Kier molecular flexibility index (Phi) is 3.33. The molecule has 0 aliphatic rings. The number of pyridine rings is 1. The number of alkyl halides is 2. The zero-order valence-electron chi connectivity index (χ0n) is 7.02. The second kappa shape index (κ2) is 4.11. The molecule has 1 aromatic heterocycles. The molecule has 0 aliphatic heterocycles. The Morgan fingerprint density at radius 3 is 2.69 bits per heavy atom. The van der Waals surface area contributed by atoms with Gasteiger partial charge in [0, 0.05) is 22.8 Å².